The van der Waals surface area contributed by atoms with Crippen molar-refractivity contribution in [3.63, 3.8) is 0 Å². The van der Waals surface area contributed by atoms with Gasteiger partial charge in [0, 0.05) is 25.2 Å². The summed E-state index contributed by atoms with van der Waals surface area (Å²) < 4.78 is 16.6. The van der Waals surface area contributed by atoms with Gasteiger partial charge in [0.1, 0.15) is 11.3 Å². The highest BCUT2D eigenvalue weighted by atomic mass is 16.5. The molecule has 0 unspecified atom stereocenters. The molecule has 0 radical (unpaired) electrons. The third kappa shape index (κ3) is 2.91. The zero-order chi connectivity index (χ0) is 16.4. The fourth-order valence-electron chi connectivity index (χ4n) is 2.90. The van der Waals surface area contributed by atoms with Gasteiger partial charge in [0.15, 0.2) is 0 Å². The number of carbonyl (C=O) groups is 1. The molecule has 0 aliphatic carbocycles. The van der Waals surface area contributed by atoms with E-state index in [1.807, 2.05) is 19.9 Å². The number of aromatic nitrogens is 1. The first-order chi connectivity index (χ1) is 11.1. The van der Waals surface area contributed by atoms with Crippen LogP contribution in [-0.4, -0.2) is 43.9 Å². The second kappa shape index (κ2) is 6.58. The van der Waals surface area contributed by atoms with Gasteiger partial charge in [-0.15, -0.1) is 0 Å². The first-order valence-electron chi connectivity index (χ1n) is 8.04. The molecule has 1 aliphatic rings. The third-order valence-corrected chi connectivity index (χ3v) is 3.95. The minimum Gasteiger partial charge on any atom is -0.462 e. The second-order valence-corrected chi connectivity index (χ2v) is 5.83. The second-order valence-electron chi connectivity index (χ2n) is 5.83. The largest absolute Gasteiger partial charge is 0.462 e. The molecule has 0 saturated carbocycles. The van der Waals surface area contributed by atoms with Crippen molar-refractivity contribution in [3.05, 3.63) is 23.6 Å². The molecule has 0 amide bonds. The van der Waals surface area contributed by atoms with Crippen LogP contribution in [0.4, 0.5) is 5.69 Å². The number of ether oxygens (including phenoxy) is 2. The Kier molecular flexibility index (Phi) is 4.52. The van der Waals surface area contributed by atoms with Gasteiger partial charge >= 0.3 is 5.97 Å². The molecular weight excluding hydrogens is 296 g/mol. The van der Waals surface area contributed by atoms with E-state index in [4.69, 9.17) is 13.9 Å². The zero-order valence-electron chi connectivity index (χ0n) is 13.8. The summed E-state index contributed by atoms with van der Waals surface area (Å²) in [4.78, 5) is 19.0. The minimum absolute atomic E-state index is 0.0705. The van der Waals surface area contributed by atoms with Gasteiger partial charge in [-0.1, -0.05) is 13.8 Å². The molecule has 0 aromatic carbocycles. The summed E-state index contributed by atoms with van der Waals surface area (Å²) in [5.74, 6) is 0.352. The van der Waals surface area contributed by atoms with Crippen LogP contribution in [0.25, 0.3) is 11.1 Å². The van der Waals surface area contributed by atoms with E-state index in [0.717, 1.165) is 24.2 Å². The average molecular weight is 318 g/mol. The van der Waals surface area contributed by atoms with Crippen molar-refractivity contribution in [2.24, 2.45) is 0 Å². The van der Waals surface area contributed by atoms with E-state index in [0.29, 0.717) is 36.9 Å². The van der Waals surface area contributed by atoms with Gasteiger partial charge < -0.3 is 18.8 Å². The molecule has 2 aromatic rings. The Hall–Kier alpha value is -2.08. The van der Waals surface area contributed by atoms with Crippen LogP contribution in [0.15, 0.2) is 16.7 Å². The van der Waals surface area contributed by atoms with Crippen molar-refractivity contribution in [1.29, 1.82) is 0 Å². The Morgan fingerprint density at radius 1 is 1.39 bits per heavy atom. The first-order valence-corrected chi connectivity index (χ1v) is 8.04. The van der Waals surface area contributed by atoms with Gasteiger partial charge in [-0.3, -0.25) is 0 Å². The molecule has 1 saturated heterocycles. The number of fused-ring (bicyclic) bond motifs is 1. The van der Waals surface area contributed by atoms with Crippen molar-refractivity contribution >= 4 is 22.8 Å². The molecule has 1 aliphatic heterocycles. The molecular formula is C17H22N2O4. The highest BCUT2D eigenvalue weighted by Crippen LogP contribution is 2.36. The number of pyridine rings is 1. The third-order valence-electron chi connectivity index (χ3n) is 3.95. The molecule has 3 rings (SSSR count). The number of nitrogens with zero attached hydrogens (tertiary/aromatic N) is 2. The van der Waals surface area contributed by atoms with Crippen molar-refractivity contribution in [2.75, 3.05) is 37.8 Å². The maximum Gasteiger partial charge on any atom is 0.342 e. The fraction of sp³-hybridized carbons (Fsp3) is 0.529. The number of esters is 1. The van der Waals surface area contributed by atoms with E-state index in [1.165, 1.54) is 0 Å². The van der Waals surface area contributed by atoms with Gasteiger partial charge in [0.25, 0.3) is 0 Å². The smallest absolute Gasteiger partial charge is 0.342 e. The molecule has 6 heteroatoms. The van der Waals surface area contributed by atoms with Gasteiger partial charge in [0.2, 0.25) is 5.71 Å². The predicted octanol–water partition coefficient (Wildman–Crippen LogP) is 2.96. The Morgan fingerprint density at radius 2 is 2.13 bits per heavy atom. The van der Waals surface area contributed by atoms with Crippen molar-refractivity contribution in [2.45, 2.75) is 26.7 Å². The topological polar surface area (TPSA) is 64.8 Å². The van der Waals surface area contributed by atoms with Crippen LogP contribution in [0.2, 0.25) is 0 Å². The highest BCUT2D eigenvalue weighted by molar-refractivity contribution is 6.08. The van der Waals surface area contributed by atoms with Crippen molar-refractivity contribution in [3.8, 4) is 0 Å². The van der Waals surface area contributed by atoms with Crippen LogP contribution < -0.4 is 4.90 Å². The van der Waals surface area contributed by atoms with E-state index < -0.39 is 0 Å². The van der Waals surface area contributed by atoms with Crippen LogP contribution in [0.3, 0.4) is 0 Å². The minimum atomic E-state index is -0.350. The van der Waals surface area contributed by atoms with Crippen molar-refractivity contribution in [1.82, 2.24) is 4.98 Å². The number of hydrogen-bond donors (Lipinski definition) is 0. The number of morpholine rings is 1. The van der Waals surface area contributed by atoms with Crippen LogP contribution in [-0.2, 0) is 9.47 Å². The molecule has 0 spiro atoms. The lowest BCUT2D eigenvalue weighted by molar-refractivity contribution is 0.0525. The molecule has 0 atom stereocenters. The van der Waals surface area contributed by atoms with Gasteiger partial charge in [-0.05, 0) is 13.0 Å². The Bertz CT molecular complexity index is 702. The molecule has 2 aromatic heterocycles. The maximum absolute atomic E-state index is 12.5. The Labute approximate surface area is 135 Å². The summed E-state index contributed by atoms with van der Waals surface area (Å²) in [6, 6.07) is 1.93. The van der Waals surface area contributed by atoms with Gasteiger partial charge in [0.05, 0.1) is 30.9 Å². The van der Waals surface area contributed by atoms with E-state index in [2.05, 4.69) is 9.88 Å². The molecule has 3 heterocycles. The average Bonchev–Trinajstić information content (AvgIpc) is 2.96. The molecule has 0 bridgehead atoms. The SMILES string of the molecule is CCOC(=O)c1c(C(C)C)oc2nccc(N3CCOCC3)c12. The summed E-state index contributed by atoms with van der Waals surface area (Å²) in [7, 11) is 0. The Balaban J connectivity index is 2.19. The number of carbonyl (C=O) groups excluding carboxylic acids is 1. The number of furan rings is 1. The van der Waals surface area contributed by atoms with E-state index in [-0.39, 0.29) is 11.9 Å². The summed E-state index contributed by atoms with van der Waals surface area (Å²) in [6.45, 7) is 9.03. The first kappa shape index (κ1) is 15.8. The van der Waals surface area contributed by atoms with Crippen molar-refractivity contribution < 1.29 is 18.7 Å². The summed E-state index contributed by atoms with van der Waals surface area (Å²) in [5.41, 5.74) is 1.95. The van der Waals surface area contributed by atoms with E-state index in [9.17, 15) is 4.79 Å². The number of anilines is 1. The standard InChI is InChI=1S/C17H22N2O4/c1-4-22-17(20)14-13-12(19-7-9-21-10-8-19)5-6-18-16(13)23-15(14)11(2)3/h5-6,11H,4,7-10H2,1-3H3. The summed E-state index contributed by atoms with van der Waals surface area (Å²) in [5, 5.41) is 0.747. The monoisotopic (exact) mass is 318 g/mol. The number of hydrogen-bond acceptors (Lipinski definition) is 6. The lowest BCUT2D eigenvalue weighted by Gasteiger charge is -2.29. The van der Waals surface area contributed by atoms with Crippen LogP contribution >= 0.6 is 0 Å². The number of rotatable bonds is 4. The quantitative estimate of drug-likeness (QED) is 0.808. The normalized spacial score (nSPS) is 15.4. The predicted molar refractivity (Wildman–Crippen MR) is 87.1 cm³/mol. The van der Waals surface area contributed by atoms with E-state index in [1.54, 1.807) is 13.1 Å². The maximum atomic E-state index is 12.5. The van der Waals surface area contributed by atoms with Crippen LogP contribution in [0.1, 0.15) is 42.8 Å². The molecule has 23 heavy (non-hydrogen) atoms. The van der Waals surface area contributed by atoms with Crippen LogP contribution in [0, 0.1) is 0 Å². The van der Waals surface area contributed by atoms with E-state index >= 15 is 0 Å². The fourth-order valence-corrected chi connectivity index (χ4v) is 2.90. The lowest BCUT2D eigenvalue weighted by Crippen LogP contribution is -2.36. The summed E-state index contributed by atoms with van der Waals surface area (Å²) >= 11 is 0. The van der Waals surface area contributed by atoms with Gasteiger partial charge in [-0.2, -0.15) is 0 Å². The molecule has 1 fully saturated rings. The zero-order valence-corrected chi connectivity index (χ0v) is 13.8. The molecule has 124 valence electrons. The Morgan fingerprint density at radius 3 is 2.78 bits per heavy atom. The molecule has 6 nitrogen and oxygen atoms in total. The van der Waals surface area contributed by atoms with Crippen LogP contribution in [0.5, 0.6) is 0 Å². The summed E-state index contributed by atoms with van der Waals surface area (Å²) in [6.07, 6.45) is 1.72. The highest BCUT2D eigenvalue weighted by Gasteiger charge is 2.28. The lowest BCUT2D eigenvalue weighted by atomic mass is 10.0. The van der Waals surface area contributed by atoms with Gasteiger partial charge in [-0.25, -0.2) is 9.78 Å². The molecule has 0 N–H and O–H groups in total.